The van der Waals surface area contributed by atoms with Crippen molar-refractivity contribution in [3.05, 3.63) is 131 Å². The van der Waals surface area contributed by atoms with Crippen LogP contribution in [0.3, 0.4) is 0 Å². The molecule has 3 aliphatic carbocycles. The fraction of sp³-hybridized carbons (Fsp3) is 0.636. The predicted molar refractivity (Wildman–Crippen MR) is 430 cm³/mol. The Morgan fingerprint density at radius 1 is 0.655 bits per heavy atom. The van der Waals surface area contributed by atoms with Crippen molar-refractivity contribution in [1.29, 1.82) is 0 Å². The molecule has 642 valence electrons. The molecule has 28 heteroatoms. The number of rotatable bonds is 50. The first kappa shape index (κ1) is 95.1. The van der Waals surface area contributed by atoms with Gasteiger partial charge in [0.1, 0.15) is 49.7 Å². The molecular formula is C88H127N3O24P+. The van der Waals surface area contributed by atoms with Crippen molar-refractivity contribution in [2.45, 2.75) is 282 Å². The number of Topliss-reactive ketones (excluding diaryl/α,β-unsaturated/α-hetero) is 1. The molecular weight excluding hydrogens is 1510 g/mol. The first-order chi connectivity index (χ1) is 55.2. The quantitative estimate of drug-likeness (QED) is 0.00875. The number of fused-ring (bicyclic) bond motifs is 5. The molecule has 5 N–H and O–H groups in total. The van der Waals surface area contributed by atoms with Gasteiger partial charge in [-0.2, -0.15) is 0 Å². The molecule has 27 nitrogen and oxygen atoms in total. The van der Waals surface area contributed by atoms with Crippen LogP contribution >= 0.6 is 7.82 Å². The molecule has 1 aliphatic heterocycles. The maximum absolute atomic E-state index is 16.0. The van der Waals surface area contributed by atoms with E-state index in [2.05, 4.69) is 29.7 Å². The molecule has 2 amide bonds. The van der Waals surface area contributed by atoms with Gasteiger partial charge in [0.25, 0.3) is 5.91 Å². The molecule has 0 spiro atoms. The zero-order valence-electron chi connectivity index (χ0n) is 69.7. The molecule has 0 aromatic heterocycles. The minimum atomic E-state index is -4.53. The molecule has 2 saturated carbocycles. The van der Waals surface area contributed by atoms with Crippen LogP contribution in [0.4, 0.5) is 0 Å². The van der Waals surface area contributed by atoms with E-state index in [1.165, 1.54) is 90.5 Å². The molecule has 0 radical (unpaired) electrons. The van der Waals surface area contributed by atoms with Crippen molar-refractivity contribution in [3.8, 4) is 0 Å². The number of amides is 2. The lowest BCUT2D eigenvalue weighted by Gasteiger charge is -2.67. The molecule has 2 unspecified atom stereocenters. The number of phosphoric acid groups is 1. The fourth-order valence-corrected chi connectivity index (χ4v) is 16.8. The third-order valence-electron chi connectivity index (χ3n) is 22.7. The first-order valence-electron chi connectivity index (χ1n) is 41.6. The number of unbranched alkanes of at least 4 members (excludes halogenated alkanes) is 18. The first-order valence-corrected chi connectivity index (χ1v) is 43.1. The monoisotopic (exact) mass is 1640 g/mol. The number of carbonyl (C=O) groups excluding carboxylic acids is 10. The van der Waals surface area contributed by atoms with E-state index in [9.17, 15) is 58.0 Å². The molecule has 4 aliphatic rings. The van der Waals surface area contributed by atoms with E-state index in [4.69, 9.17) is 46.9 Å². The summed E-state index contributed by atoms with van der Waals surface area (Å²) in [6.45, 7) is 9.74. The van der Waals surface area contributed by atoms with Gasteiger partial charge in [0.2, 0.25) is 12.0 Å². The van der Waals surface area contributed by atoms with Crippen molar-refractivity contribution < 1.29 is 119 Å². The Labute approximate surface area is 683 Å². The Morgan fingerprint density at radius 2 is 1.21 bits per heavy atom. The maximum Gasteiger partial charge on any atom is 0.472 e. The molecule has 1 heterocycles. The number of benzene rings is 3. The van der Waals surface area contributed by atoms with Crippen molar-refractivity contribution in [1.82, 2.24) is 10.6 Å². The highest BCUT2D eigenvalue weighted by atomic mass is 31.2. The second-order valence-corrected chi connectivity index (χ2v) is 34.4. The number of allylic oxidation sites excluding steroid dienone is 2. The predicted octanol–water partition coefficient (Wildman–Crippen LogP) is 13.0. The Morgan fingerprint density at radius 3 is 1.78 bits per heavy atom. The third-order valence-corrected chi connectivity index (χ3v) is 23.7. The van der Waals surface area contributed by atoms with Crippen LogP contribution in [-0.4, -0.2) is 194 Å². The van der Waals surface area contributed by atoms with Gasteiger partial charge < -0.3 is 68.1 Å². The van der Waals surface area contributed by atoms with E-state index >= 15 is 9.59 Å². The summed E-state index contributed by atoms with van der Waals surface area (Å²) in [5.74, 6) is -9.92. The number of hydrogen-bond donors (Lipinski definition) is 5. The molecule has 116 heavy (non-hydrogen) atoms. The number of carbonyl (C=O) groups is 10. The molecule has 3 aromatic rings. The van der Waals surface area contributed by atoms with E-state index in [0.717, 1.165) is 84.5 Å². The molecule has 3 aromatic carbocycles. The van der Waals surface area contributed by atoms with Gasteiger partial charge in [-0.15, -0.1) is 0 Å². The summed E-state index contributed by atoms with van der Waals surface area (Å²) < 4.78 is 71.9. The van der Waals surface area contributed by atoms with Crippen LogP contribution in [0.1, 0.15) is 254 Å². The van der Waals surface area contributed by atoms with Gasteiger partial charge in [-0.05, 0) is 99.8 Å². The number of esters is 7. The SMILES string of the molecule is CCCCCCCC/C=C\CCCCCCCC(=O)OCC(COP(=O)(O)OCC[N+](C)(C)C)OC(=O)CCCCCCCCCCNC(=O)CCC(=O)O[C@@H](C(=O)O[C@H]1C[C@@]2(O)[C@@H](OC(=O)c3ccccc3)[C@@H]3[C@]4(OC(C)=O)CO[C@@H]4C[C@H](O)[C@@]3(C)C(=O)[C@H](OC(C)=O)C(=C1C)C2(C)C)[C@@H](NC(=O)c1ccccc1)c1ccccc1. The largest absolute Gasteiger partial charge is 0.472 e. The number of nitrogens with one attached hydrogen (secondary N) is 2. The lowest BCUT2D eigenvalue weighted by molar-refractivity contribution is -0.870. The number of likely N-dealkylation sites (N-methyl/N-ethyl adjacent to an activating group) is 1. The van der Waals surface area contributed by atoms with Gasteiger partial charge in [-0.1, -0.05) is 190 Å². The third kappa shape index (κ3) is 27.5. The van der Waals surface area contributed by atoms with E-state index in [-0.39, 0.29) is 79.9 Å². The second kappa shape index (κ2) is 45.8. The Bertz CT molecular complexity index is 3830. The van der Waals surface area contributed by atoms with Crippen LogP contribution in [0.25, 0.3) is 0 Å². The number of nitrogens with zero attached hydrogens (tertiary/aromatic N) is 1. The Balaban J connectivity index is 0.945. The summed E-state index contributed by atoms with van der Waals surface area (Å²) in [6.07, 6.45) is 12.0. The molecule has 1 saturated heterocycles. The van der Waals surface area contributed by atoms with E-state index in [0.29, 0.717) is 36.7 Å². The number of ketones is 1. The smallest absolute Gasteiger partial charge is 0.462 e. The van der Waals surface area contributed by atoms with Gasteiger partial charge >= 0.3 is 49.6 Å². The molecule has 7 rings (SSSR count). The van der Waals surface area contributed by atoms with E-state index < -0.39 is 163 Å². The lowest BCUT2D eigenvalue weighted by Crippen LogP contribution is -2.82. The van der Waals surface area contributed by atoms with E-state index in [1.54, 1.807) is 66.7 Å². The number of aliphatic hydroxyl groups excluding tert-OH is 1. The van der Waals surface area contributed by atoms with Gasteiger partial charge in [-0.25, -0.2) is 14.2 Å². The average Bonchev–Trinajstić information content (AvgIpc) is 0.668. The zero-order valence-corrected chi connectivity index (χ0v) is 70.5. The highest BCUT2D eigenvalue weighted by molar-refractivity contribution is 7.47. The summed E-state index contributed by atoms with van der Waals surface area (Å²) >= 11 is 0. The summed E-state index contributed by atoms with van der Waals surface area (Å²) in [5, 5.41) is 32.2. The summed E-state index contributed by atoms with van der Waals surface area (Å²) in [7, 11) is 1.18. The maximum atomic E-state index is 16.0. The van der Waals surface area contributed by atoms with Crippen molar-refractivity contribution >= 4 is 67.2 Å². The van der Waals surface area contributed by atoms with Crippen LogP contribution in [0.2, 0.25) is 0 Å². The summed E-state index contributed by atoms with van der Waals surface area (Å²) in [5.41, 5.74) is -7.91. The Hall–Kier alpha value is -8.01. The van der Waals surface area contributed by atoms with Crippen molar-refractivity contribution in [2.24, 2.45) is 16.7 Å². The number of aliphatic hydroxyl groups is 2. The summed E-state index contributed by atoms with van der Waals surface area (Å²) in [6, 6.07) is 22.3. The number of quaternary nitrogens is 1. The van der Waals surface area contributed by atoms with E-state index in [1.807, 2.05) is 21.1 Å². The highest BCUT2D eigenvalue weighted by Gasteiger charge is 2.78. The minimum Gasteiger partial charge on any atom is -0.462 e. The van der Waals surface area contributed by atoms with Gasteiger partial charge in [-0.3, -0.25) is 47.4 Å². The van der Waals surface area contributed by atoms with Crippen LogP contribution in [0, 0.1) is 16.7 Å². The zero-order chi connectivity index (χ0) is 84.7. The van der Waals surface area contributed by atoms with Crippen LogP contribution in [0.5, 0.6) is 0 Å². The molecule has 13 atom stereocenters. The average molecular weight is 1640 g/mol. The fourth-order valence-electron chi connectivity index (χ4n) is 16.1. The molecule has 2 bridgehead atoms. The van der Waals surface area contributed by atoms with Crippen molar-refractivity contribution in [2.75, 3.05) is 60.7 Å². The minimum absolute atomic E-state index is 0.0134. The standard InChI is InChI=1S/C88H126N3O24P/c1-11-12-13-14-15-16-17-18-19-20-21-22-25-28-40-49-72(96)106-58-67(59-109-116(104,105)108-55-54-91(8,9)10)111-73(97)50-41-29-26-23-24-27-30-42-53-89-71(95)51-52-74(98)113-78(76(64-43-34-31-35-44-64)90-82(100)65-45-36-32-37-46-65)84(102)112-68-57-88(103)81(114-83(101)66-47-38-33-39-48-66)79-86(7,69(94)56-70-87(79,60-107-70)115-63(4)93)80(99)77(110-62(3)92)75(61(68)2)85(88,5)6/h18-19,31-39,43-48,67-70,76-79,81,94,103H,11-17,20-30,40-42,49-60H2,1-10H3,(H2-,89,90,95,100,104,105)/p+1/b19-18-/t67?,68-,69-,70+,76-,77+,78+,79-,81-,86+,87-,88+/m0/s1. The lowest BCUT2D eigenvalue weighted by atomic mass is 9.44. The van der Waals surface area contributed by atoms with Crippen LogP contribution < -0.4 is 10.6 Å². The van der Waals surface area contributed by atoms with Crippen molar-refractivity contribution in [3.63, 3.8) is 0 Å². The van der Waals surface area contributed by atoms with Gasteiger partial charge in [0.15, 0.2) is 23.6 Å². The molecule has 3 fully saturated rings. The van der Waals surface area contributed by atoms with Gasteiger partial charge in [0, 0.05) is 63.5 Å². The second-order valence-electron chi connectivity index (χ2n) is 33.0. The number of hydrogen-bond acceptors (Lipinski definition) is 23. The highest BCUT2D eigenvalue weighted by Crippen LogP contribution is 2.65. The summed E-state index contributed by atoms with van der Waals surface area (Å²) in [4.78, 5) is 151. The topological polar surface area (TPSA) is 365 Å². The number of phosphoric ester groups is 1. The van der Waals surface area contributed by atoms with Crippen LogP contribution in [-0.2, 0) is 89.9 Å². The van der Waals surface area contributed by atoms with Crippen LogP contribution in [0.15, 0.2) is 114 Å². The van der Waals surface area contributed by atoms with Gasteiger partial charge in [0.05, 0.1) is 63.8 Å². The number of ether oxygens (including phenoxy) is 8. The Kier molecular flexibility index (Phi) is 37.6. The normalized spacial score (nSPS) is 23.4.